The van der Waals surface area contributed by atoms with Gasteiger partial charge in [0.05, 0.1) is 7.11 Å². The van der Waals surface area contributed by atoms with Gasteiger partial charge in [0.2, 0.25) is 5.90 Å². The van der Waals surface area contributed by atoms with Crippen LogP contribution in [0.3, 0.4) is 0 Å². The van der Waals surface area contributed by atoms with Crippen molar-refractivity contribution in [2.45, 2.75) is 6.10 Å². The van der Waals surface area contributed by atoms with Crippen LogP contribution in [0.25, 0.3) is 0 Å². The number of halogens is 1. The van der Waals surface area contributed by atoms with Gasteiger partial charge in [0.1, 0.15) is 6.10 Å². The molecule has 0 saturated heterocycles. The van der Waals surface area contributed by atoms with E-state index in [9.17, 15) is 0 Å². The van der Waals surface area contributed by atoms with Gasteiger partial charge in [0.15, 0.2) is 0 Å². The Morgan fingerprint density at radius 1 is 1.67 bits per heavy atom. The summed E-state index contributed by atoms with van der Waals surface area (Å²) < 4.78 is 9.48. The molecule has 3 nitrogen and oxygen atoms in total. The molecule has 0 fully saturated rings. The minimum absolute atomic E-state index is 0.148. The predicted molar refractivity (Wildman–Crippen MR) is 39.3 cm³/mol. The van der Waals surface area contributed by atoms with E-state index in [4.69, 9.17) is 10.1 Å². The zero-order chi connectivity index (χ0) is 7.28. The Hall–Kier alpha value is -0.0900. The summed E-state index contributed by atoms with van der Waals surface area (Å²) in [6, 6.07) is 0. The first kappa shape index (κ1) is 8.91. The van der Waals surface area contributed by atoms with E-state index in [1.807, 2.05) is 0 Å². The Labute approximate surface area is 63.0 Å². The highest BCUT2D eigenvalue weighted by molar-refractivity contribution is 9.09. The van der Waals surface area contributed by atoms with Crippen LogP contribution in [0, 0.1) is 5.41 Å². The summed E-state index contributed by atoms with van der Waals surface area (Å²) in [7, 11) is 3.00. The molecule has 0 saturated carbocycles. The van der Waals surface area contributed by atoms with Gasteiger partial charge in [-0.2, -0.15) is 0 Å². The fraction of sp³-hybridized carbons (Fsp3) is 0.800. The summed E-state index contributed by atoms with van der Waals surface area (Å²) in [6.07, 6.45) is -0.255. The Morgan fingerprint density at radius 2 is 2.22 bits per heavy atom. The first-order valence-corrected chi connectivity index (χ1v) is 3.59. The molecule has 0 bridgehead atoms. The summed E-state index contributed by atoms with van der Waals surface area (Å²) >= 11 is 3.17. The molecule has 54 valence electrons. The van der Waals surface area contributed by atoms with Gasteiger partial charge in [-0.15, -0.1) is 0 Å². The Bertz CT molecular complexity index is 93.0. The van der Waals surface area contributed by atoms with E-state index in [0.717, 1.165) is 0 Å². The third-order valence-corrected chi connectivity index (χ3v) is 1.53. The molecule has 0 aromatic rings. The van der Waals surface area contributed by atoms with Gasteiger partial charge >= 0.3 is 0 Å². The second-order valence-corrected chi connectivity index (χ2v) is 2.09. The third-order valence-electron chi connectivity index (χ3n) is 0.937. The lowest BCUT2D eigenvalue weighted by molar-refractivity contribution is 0.150. The predicted octanol–water partition coefficient (Wildman–Crippen LogP) is 1.02. The van der Waals surface area contributed by atoms with Crippen molar-refractivity contribution in [1.29, 1.82) is 5.41 Å². The van der Waals surface area contributed by atoms with E-state index in [-0.39, 0.29) is 12.0 Å². The van der Waals surface area contributed by atoms with Gasteiger partial charge in [-0.1, -0.05) is 15.9 Å². The zero-order valence-electron chi connectivity index (χ0n) is 5.48. The lowest BCUT2D eigenvalue weighted by Gasteiger charge is -2.10. The highest BCUT2D eigenvalue weighted by Crippen LogP contribution is 1.97. The maximum atomic E-state index is 7.12. The number of rotatable bonds is 3. The molecule has 0 aliphatic heterocycles. The maximum absolute atomic E-state index is 7.12. The van der Waals surface area contributed by atoms with Gasteiger partial charge in [0, 0.05) is 12.4 Å². The second kappa shape index (κ2) is 4.76. The minimum Gasteiger partial charge on any atom is -0.483 e. The van der Waals surface area contributed by atoms with Crippen molar-refractivity contribution in [3.05, 3.63) is 0 Å². The Kier molecular flexibility index (Phi) is 4.71. The molecule has 0 aliphatic rings. The van der Waals surface area contributed by atoms with E-state index in [1.54, 1.807) is 7.11 Å². The third kappa shape index (κ3) is 2.81. The number of hydrogen-bond donors (Lipinski definition) is 1. The lowest BCUT2D eigenvalue weighted by Crippen LogP contribution is -2.24. The van der Waals surface area contributed by atoms with Crippen molar-refractivity contribution in [3.8, 4) is 0 Å². The molecule has 0 aliphatic carbocycles. The van der Waals surface area contributed by atoms with Crippen molar-refractivity contribution < 1.29 is 9.47 Å². The normalized spacial score (nSPS) is 12.8. The van der Waals surface area contributed by atoms with Gasteiger partial charge < -0.3 is 9.47 Å². The topological polar surface area (TPSA) is 42.3 Å². The molecule has 4 heteroatoms. The molecule has 0 heterocycles. The smallest absolute Gasteiger partial charge is 0.211 e. The molecule has 0 aromatic carbocycles. The zero-order valence-corrected chi connectivity index (χ0v) is 7.06. The number of hydrogen-bond acceptors (Lipinski definition) is 3. The molecule has 9 heavy (non-hydrogen) atoms. The van der Waals surface area contributed by atoms with Crippen LogP contribution in [-0.4, -0.2) is 31.6 Å². The molecular formula is C5H10BrNO2. The molecular weight excluding hydrogens is 186 g/mol. The molecule has 0 amide bonds. The summed E-state index contributed by atoms with van der Waals surface area (Å²) in [4.78, 5) is 0. The van der Waals surface area contributed by atoms with Crippen LogP contribution in [-0.2, 0) is 9.47 Å². The largest absolute Gasteiger partial charge is 0.483 e. The van der Waals surface area contributed by atoms with Gasteiger partial charge in [-0.3, -0.25) is 5.41 Å². The number of alkyl halides is 1. The van der Waals surface area contributed by atoms with Crippen molar-refractivity contribution in [1.82, 2.24) is 0 Å². The quantitative estimate of drug-likeness (QED) is 0.416. The SMILES string of the molecule is COC(=N)C(CBr)OC. The Morgan fingerprint density at radius 3 is 2.33 bits per heavy atom. The Balaban J connectivity index is 3.64. The van der Waals surface area contributed by atoms with Gasteiger partial charge in [-0.05, 0) is 0 Å². The van der Waals surface area contributed by atoms with E-state index < -0.39 is 0 Å². The van der Waals surface area contributed by atoms with E-state index >= 15 is 0 Å². The average molecular weight is 196 g/mol. The first-order valence-electron chi connectivity index (χ1n) is 2.47. The lowest BCUT2D eigenvalue weighted by atomic mass is 10.4. The van der Waals surface area contributed by atoms with Crippen LogP contribution in [0.1, 0.15) is 0 Å². The van der Waals surface area contributed by atoms with Gasteiger partial charge in [-0.25, -0.2) is 0 Å². The summed E-state index contributed by atoms with van der Waals surface area (Å²) in [5, 5.41) is 7.71. The number of ether oxygens (including phenoxy) is 2. The van der Waals surface area contributed by atoms with Crippen molar-refractivity contribution in [2.75, 3.05) is 19.5 Å². The molecule has 1 N–H and O–H groups in total. The van der Waals surface area contributed by atoms with Crippen molar-refractivity contribution in [2.24, 2.45) is 0 Å². The first-order chi connectivity index (χ1) is 4.26. The molecule has 1 atom stereocenters. The molecule has 1 unspecified atom stereocenters. The minimum atomic E-state index is -0.255. The van der Waals surface area contributed by atoms with Gasteiger partial charge in [0.25, 0.3) is 0 Å². The van der Waals surface area contributed by atoms with E-state index in [1.165, 1.54) is 7.11 Å². The second-order valence-electron chi connectivity index (χ2n) is 1.45. The maximum Gasteiger partial charge on any atom is 0.211 e. The van der Waals surface area contributed by atoms with Crippen LogP contribution in [0.5, 0.6) is 0 Å². The highest BCUT2D eigenvalue weighted by Gasteiger charge is 2.10. The van der Waals surface area contributed by atoms with Crippen molar-refractivity contribution in [3.63, 3.8) is 0 Å². The fourth-order valence-corrected chi connectivity index (χ4v) is 0.930. The number of nitrogens with one attached hydrogen (secondary N) is 1. The van der Waals surface area contributed by atoms with Crippen LogP contribution in [0.15, 0.2) is 0 Å². The van der Waals surface area contributed by atoms with E-state index in [2.05, 4.69) is 20.7 Å². The van der Waals surface area contributed by atoms with Crippen LogP contribution in [0.4, 0.5) is 0 Å². The average Bonchev–Trinajstić information content (AvgIpc) is 1.90. The van der Waals surface area contributed by atoms with E-state index in [0.29, 0.717) is 5.33 Å². The molecule has 0 spiro atoms. The highest BCUT2D eigenvalue weighted by atomic mass is 79.9. The summed E-state index contributed by atoms with van der Waals surface area (Å²) in [5.41, 5.74) is 0. The monoisotopic (exact) mass is 195 g/mol. The summed E-state index contributed by atoms with van der Waals surface area (Å²) in [5.74, 6) is 0.148. The van der Waals surface area contributed by atoms with Crippen LogP contribution >= 0.6 is 15.9 Å². The van der Waals surface area contributed by atoms with Crippen LogP contribution < -0.4 is 0 Å². The molecule has 0 rings (SSSR count). The molecule has 0 aromatic heterocycles. The standard InChI is InChI=1S/C5H10BrNO2/c1-8-4(3-6)5(7)9-2/h4,7H,3H2,1-2H3. The van der Waals surface area contributed by atoms with Crippen molar-refractivity contribution >= 4 is 21.8 Å². The fourth-order valence-electron chi connectivity index (χ4n) is 0.372. The number of methoxy groups -OCH3 is 2. The summed E-state index contributed by atoms with van der Waals surface area (Å²) in [6.45, 7) is 0. The molecule has 0 radical (unpaired) electrons. The van der Waals surface area contributed by atoms with Crippen LogP contribution in [0.2, 0.25) is 0 Å².